The number of nitrogens with one attached hydrogen (secondary N) is 2. The molecule has 2 bridgehead atoms. The van der Waals surface area contributed by atoms with E-state index in [-0.39, 0.29) is 35.5 Å². The van der Waals surface area contributed by atoms with Crippen molar-refractivity contribution in [2.75, 3.05) is 25.1 Å². The third-order valence-electron chi connectivity index (χ3n) is 8.32. The number of likely N-dealkylation sites (tertiary alicyclic amines) is 1. The Kier molecular flexibility index (Phi) is 8.74. The predicted molar refractivity (Wildman–Crippen MR) is 145 cm³/mol. The molecule has 9 heteroatoms. The van der Waals surface area contributed by atoms with Crippen LogP contribution in [-0.4, -0.2) is 69.6 Å². The molecule has 1 aromatic rings. The van der Waals surface area contributed by atoms with Crippen molar-refractivity contribution in [3.63, 3.8) is 0 Å². The molecule has 7 atom stereocenters. The molecule has 3 fully saturated rings. The summed E-state index contributed by atoms with van der Waals surface area (Å²) in [5, 5.41) is 16.2. The highest BCUT2D eigenvalue weighted by atomic mass is 32.2. The third kappa shape index (κ3) is 4.85. The highest BCUT2D eigenvalue weighted by Gasteiger charge is 2.76. The summed E-state index contributed by atoms with van der Waals surface area (Å²) in [6.07, 6.45) is 4.28. The maximum absolute atomic E-state index is 14.1. The van der Waals surface area contributed by atoms with Gasteiger partial charge in [-0.1, -0.05) is 33.6 Å². The van der Waals surface area contributed by atoms with Gasteiger partial charge in [-0.05, 0) is 56.4 Å². The van der Waals surface area contributed by atoms with Gasteiger partial charge in [0.15, 0.2) is 0 Å². The minimum atomic E-state index is -0.697. The van der Waals surface area contributed by atoms with Gasteiger partial charge in [0.05, 0.1) is 35.8 Å². The van der Waals surface area contributed by atoms with Crippen LogP contribution < -0.4 is 15.4 Å². The average molecular weight is 532 g/mol. The topological polar surface area (TPSA) is 108 Å². The van der Waals surface area contributed by atoms with Gasteiger partial charge >= 0.3 is 0 Å². The van der Waals surface area contributed by atoms with Gasteiger partial charge in [-0.25, -0.2) is 0 Å². The van der Waals surface area contributed by atoms with Crippen LogP contribution in [0.3, 0.4) is 0 Å². The van der Waals surface area contributed by atoms with Gasteiger partial charge in [0.1, 0.15) is 11.8 Å². The molecule has 37 heavy (non-hydrogen) atoms. The Morgan fingerprint density at radius 1 is 1.19 bits per heavy atom. The fourth-order valence-electron chi connectivity index (χ4n) is 6.58. The van der Waals surface area contributed by atoms with E-state index in [1.54, 1.807) is 28.8 Å². The molecular weight excluding hydrogens is 490 g/mol. The van der Waals surface area contributed by atoms with Gasteiger partial charge in [0.2, 0.25) is 17.7 Å². The maximum Gasteiger partial charge on any atom is 0.244 e. The Morgan fingerprint density at radius 3 is 2.54 bits per heavy atom. The quantitative estimate of drug-likeness (QED) is 0.357. The number of hydrogen-bond acceptors (Lipinski definition) is 6. The zero-order chi connectivity index (χ0) is 26.7. The zero-order valence-electron chi connectivity index (χ0n) is 22.4. The van der Waals surface area contributed by atoms with Crippen molar-refractivity contribution in [3.8, 4) is 5.75 Å². The summed E-state index contributed by atoms with van der Waals surface area (Å²) in [5.74, 6) is -0.826. The van der Waals surface area contributed by atoms with E-state index in [0.717, 1.165) is 31.4 Å². The van der Waals surface area contributed by atoms with E-state index < -0.39 is 28.7 Å². The number of ether oxygens (including phenoxy) is 1. The molecule has 3 aliphatic rings. The van der Waals surface area contributed by atoms with Gasteiger partial charge in [-0.2, -0.15) is 0 Å². The number of hydrogen-bond donors (Lipinski definition) is 3. The van der Waals surface area contributed by atoms with Crippen LogP contribution in [0.1, 0.15) is 59.8 Å². The SMILES string of the molecule is CCCCCNC(=O)C1N([C@@H](CC)CO)C(=O)[C@@H]2[C@H](C(=O)Nc3ccc(OCC)cc3)[C@@H]3CC(C)C12S3. The number of rotatable bonds is 12. The van der Waals surface area contributed by atoms with E-state index in [0.29, 0.717) is 25.3 Å². The van der Waals surface area contributed by atoms with Crippen LogP contribution in [0.15, 0.2) is 24.3 Å². The van der Waals surface area contributed by atoms with Gasteiger partial charge < -0.3 is 25.4 Å². The summed E-state index contributed by atoms with van der Waals surface area (Å²) in [5.41, 5.74) is 0.651. The molecule has 0 aliphatic carbocycles. The van der Waals surface area contributed by atoms with Crippen LogP contribution in [0.2, 0.25) is 0 Å². The molecule has 8 nitrogen and oxygen atoms in total. The lowest BCUT2D eigenvalue weighted by Crippen LogP contribution is -2.58. The highest BCUT2D eigenvalue weighted by Crippen LogP contribution is 2.68. The number of aliphatic hydroxyl groups excluding tert-OH is 1. The summed E-state index contributed by atoms with van der Waals surface area (Å²) in [7, 11) is 0. The Bertz CT molecular complexity index is 985. The Morgan fingerprint density at radius 2 is 1.92 bits per heavy atom. The third-order valence-corrected chi connectivity index (χ3v) is 10.4. The highest BCUT2D eigenvalue weighted by molar-refractivity contribution is 8.02. The predicted octanol–water partition coefficient (Wildman–Crippen LogP) is 3.44. The summed E-state index contributed by atoms with van der Waals surface area (Å²) < 4.78 is 4.81. The van der Waals surface area contributed by atoms with Crippen molar-refractivity contribution in [1.82, 2.24) is 10.2 Å². The van der Waals surface area contributed by atoms with E-state index in [1.807, 2.05) is 26.0 Å². The lowest BCUT2D eigenvalue weighted by Gasteiger charge is -2.40. The van der Waals surface area contributed by atoms with Crippen LogP contribution in [0, 0.1) is 17.8 Å². The molecule has 4 rings (SSSR count). The maximum atomic E-state index is 14.1. The smallest absolute Gasteiger partial charge is 0.244 e. The number of unbranched alkanes of at least 4 members (excludes halogenated alkanes) is 2. The van der Waals surface area contributed by atoms with Crippen LogP contribution in [0.25, 0.3) is 0 Å². The van der Waals surface area contributed by atoms with Crippen LogP contribution in [0.5, 0.6) is 5.75 Å². The number of amides is 3. The molecular formula is C28H41N3O5S. The van der Waals surface area contributed by atoms with Gasteiger partial charge in [0.25, 0.3) is 0 Å². The number of carbonyl (C=O) groups excluding carboxylic acids is 3. The molecule has 3 heterocycles. The Balaban J connectivity index is 1.63. The number of benzene rings is 1. The Hall–Kier alpha value is -2.26. The second kappa shape index (κ2) is 11.6. The van der Waals surface area contributed by atoms with E-state index >= 15 is 0 Å². The molecule has 1 spiro atoms. The summed E-state index contributed by atoms with van der Waals surface area (Å²) in [4.78, 5) is 43.1. The van der Waals surface area contributed by atoms with E-state index in [1.165, 1.54) is 0 Å². The molecule has 3 N–H and O–H groups in total. The molecule has 3 amide bonds. The molecule has 3 unspecified atom stereocenters. The van der Waals surface area contributed by atoms with Crippen molar-refractivity contribution in [1.29, 1.82) is 0 Å². The van der Waals surface area contributed by atoms with Gasteiger partial charge in [0, 0.05) is 17.5 Å². The Labute approximate surface area is 224 Å². The van der Waals surface area contributed by atoms with Crippen molar-refractivity contribution in [3.05, 3.63) is 24.3 Å². The van der Waals surface area contributed by atoms with Crippen molar-refractivity contribution < 1.29 is 24.2 Å². The molecule has 3 saturated heterocycles. The average Bonchev–Trinajstić information content (AvgIpc) is 3.48. The van der Waals surface area contributed by atoms with Crippen LogP contribution in [0.4, 0.5) is 5.69 Å². The second-order valence-corrected chi connectivity index (χ2v) is 12.0. The van der Waals surface area contributed by atoms with E-state index in [4.69, 9.17) is 4.74 Å². The summed E-state index contributed by atoms with van der Waals surface area (Å²) in [6.45, 7) is 8.97. The minimum absolute atomic E-state index is 0.0293. The molecule has 0 aromatic heterocycles. The molecule has 0 saturated carbocycles. The lowest BCUT2D eigenvalue weighted by molar-refractivity contribution is -0.142. The standard InChI is InChI=1S/C28H41N3O5S/c1-5-8-9-14-29-26(34)24-28-17(4)15-21(37-28)22(23(28)27(35)31(24)19(6-2)16-32)25(33)30-18-10-12-20(13-11-18)36-7-3/h10-13,17,19,21-24,32H,5-9,14-16H2,1-4H3,(H,29,34)(H,30,33)/t17?,19-,21-,22+,23-,24?,28?/m0/s1. The van der Waals surface area contributed by atoms with Crippen LogP contribution in [-0.2, 0) is 14.4 Å². The number of nitrogens with zero attached hydrogens (tertiary/aromatic N) is 1. The monoisotopic (exact) mass is 531 g/mol. The zero-order valence-corrected chi connectivity index (χ0v) is 23.2. The van der Waals surface area contributed by atoms with Crippen molar-refractivity contribution >= 4 is 35.2 Å². The fraction of sp³-hybridized carbons (Fsp3) is 0.679. The van der Waals surface area contributed by atoms with Gasteiger partial charge in [-0.3, -0.25) is 14.4 Å². The van der Waals surface area contributed by atoms with Crippen LogP contribution >= 0.6 is 11.8 Å². The fourth-order valence-corrected chi connectivity index (χ4v) is 8.98. The minimum Gasteiger partial charge on any atom is -0.494 e. The molecule has 0 radical (unpaired) electrons. The lowest BCUT2D eigenvalue weighted by atomic mass is 9.66. The molecule has 3 aliphatic heterocycles. The summed E-state index contributed by atoms with van der Waals surface area (Å²) in [6, 6.07) is 6.07. The number of anilines is 1. The van der Waals surface area contributed by atoms with E-state index in [2.05, 4.69) is 24.5 Å². The van der Waals surface area contributed by atoms with Gasteiger partial charge in [-0.15, -0.1) is 11.8 Å². The van der Waals surface area contributed by atoms with E-state index in [9.17, 15) is 19.5 Å². The molecule has 204 valence electrons. The van der Waals surface area contributed by atoms with Crippen molar-refractivity contribution in [2.45, 2.75) is 81.9 Å². The number of carbonyl (C=O) groups is 3. The van der Waals surface area contributed by atoms with Crippen molar-refractivity contribution in [2.24, 2.45) is 17.8 Å². The first-order chi connectivity index (χ1) is 17.8. The number of thioether (sulfide) groups is 1. The first kappa shape index (κ1) is 27.8. The first-order valence-electron chi connectivity index (χ1n) is 13.8. The normalized spacial score (nSPS) is 30.8. The number of aliphatic hydroxyl groups is 1. The first-order valence-corrected chi connectivity index (χ1v) is 14.6. The second-order valence-electron chi connectivity index (χ2n) is 10.5. The molecule has 1 aromatic carbocycles. The largest absolute Gasteiger partial charge is 0.494 e. The summed E-state index contributed by atoms with van der Waals surface area (Å²) >= 11 is 1.65. The number of fused-ring (bicyclic) bond motifs is 1.